The number of hydrogen-bond acceptors (Lipinski definition) is 0. The summed E-state index contributed by atoms with van der Waals surface area (Å²) in [5.41, 5.74) is 9.20. The van der Waals surface area contributed by atoms with E-state index >= 15 is 0 Å². The van der Waals surface area contributed by atoms with Crippen molar-refractivity contribution in [3.63, 3.8) is 0 Å². The maximum Gasteiger partial charge on any atom is -1.00 e. The fraction of sp³-hybridized carbons (Fsp3) is 0.200. The van der Waals surface area contributed by atoms with Crippen molar-refractivity contribution in [2.45, 2.75) is 32.7 Å². The number of fused-ring (bicyclic) bond motifs is 6. The maximum atomic E-state index is 2.70. The van der Waals surface area contributed by atoms with Crippen LogP contribution in [0.2, 0.25) is 10.5 Å². The van der Waals surface area contributed by atoms with Gasteiger partial charge in [-0.05, 0) is 0 Å². The molecule has 0 saturated heterocycles. The minimum Gasteiger partial charge on any atom is -1.00 e. The second kappa shape index (κ2) is 8.50. The van der Waals surface area contributed by atoms with Gasteiger partial charge in [0.05, 0.1) is 0 Å². The summed E-state index contributed by atoms with van der Waals surface area (Å²) in [4.78, 5) is 0. The molecule has 2 aliphatic rings. The Morgan fingerprint density at radius 1 is 0.588 bits per heavy atom. The molecule has 2 atom stereocenters. The molecule has 4 heteroatoms. The Balaban J connectivity index is 0.00000137. The Kier molecular flexibility index (Phi) is 6.37. The fourth-order valence-electron chi connectivity index (χ4n) is 7.25. The van der Waals surface area contributed by atoms with E-state index < -0.39 is 14.0 Å². The van der Waals surface area contributed by atoms with E-state index in [0.29, 0.717) is 8.45 Å². The van der Waals surface area contributed by atoms with Gasteiger partial charge in [0.25, 0.3) is 0 Å². The van der Waals surface area contributed by atoms with Crippen molar-refractivity contribution in [2.75, 3.05) is 0 Å². The van der Waals surface area contributed by atoms with Crippen LogP contribution in [0.1, 0.15) is 44.5 Å². The Morgan fingerprint density at radius 2 is 0.971 bits per heavy atom. The van der Waals surface area contributed by atoms with E-state index in [1.165, 1.54) is 32.7 Å². The third-order valence-corrected chi connectivity index (χ3v) is 19.9. The van der Waals surface area contributed by atoms with Crippen LogP contribution in [0.25, 0.3) is 33.7 Å². The van der Waals surface area contributed by atoms with E-state index in [1.54, 1.807) is 22.3 Å². The molecular weight excluding hydrogens is 507 g/mol. The zero-order valence-corrected chi connectivity index (χ0v) is 24.7. The molecule has 0 saturated carbocycles. The topological polar surface area (TPSA) is 0 Å². The molecule has 0 N–H and O–H groups in total. The summed E-state index contributed by atoms with van der Waals surface area (Å²) in [5.74, 6) is 0. The first kappa shape index (κ1) is 25.5. The summed E-state index contributed by atoms with van der Waals surface area (Å²) >= 11 is -3.13. The third kappa shape index (κ3) is 3.52. The molecule has 0 aliphatic heterocycles. The van der Waals surface area contributed by atoms with Crippen molar-refractivity contribution >= 4 is 41.3 Å². The van der Waals surface area contributed by atoms with E-state index in [2.05, 4.69) is 117 Å². The standard InChI is InChI=1S/2C14H11.2CH3.2ClH.H2Si.Ti/c2*1-10-8-12-7-6-11-4-2-3-5-13(11)14(12)9-10;;;;;;/h2*2-9H,1H3;2*1H3;2*1H;1H2;/q;;;;;;;+2/p-2. The molecule has 2 aliphatic carbocycles. The van der Waals surface area contributed by atoms with Gasteiger partial charge in [-0.3, -0.25) is 0 Å². The molecule has 0 bridgehead atoms. The summed E-state index contributed by atoms with van der Waals surface area (Å²) in [6, 6.07) is 27.3. The number of halogens is 2. The molecule has 2 unspecified atom stereocenters. The van der Waals surface area contributed by atoms with Crippen LogP contribution in [-0.2, 0) is 14.0 Å². The van der Waals surface area contributed by atoms with E-state index in [-0.39, 0.29) is 24.8 Å². The predicted octanol–water partition coefficient (Wildman–Crippen LogP) is 1.95. The van der Waals surface area contributed by atoms with Gasteiger partial charge in [0.1, 0.15) is 0 Å². The van der Waals surface area contributed by atoms with Gasteiger partial charge in [-0.15, -0.1) is 0 Å². The minimum absolute atomic E-state index is 0. The largest absolute Gasteiger partial charge is 1.00 e. The average Bonchev–Trinajstić information content (AvgIpc) is 3.30. The molecule has 6 rings (SSSR count). The summed E-state index contributed by atoms with van der Waals surface area (Å²) in [5, 5.41) is 10.9. The van der Waals surface area contributed by atoms with Crippen LogP contribution in [-0.4, -0.2) is 7.63 Å². The smallest absolute Gasteiger partial charge is 1.00 e. The Bertz CT molecular complexity index is 1480. The summed E-state index contributed by atoms with van der Waals surface area (Å²) in [6.45, 7) is 4.77. The zero-order chi connectivity index (χ0) is 22.3. The molecule has 4 aromatic carbocycles. The maximum absolute atomic E-state index is 3.13. The molecule has 4 aromatic rings. The Hall–Kier alpha value is -1.61. The number of allylic oxidation sites excluding steroid dienone is 2. The van der Waals surface area contributed by atoms with Crippen LogP contribution in [0.4, 0.5) is 0 Å². The average molecular weight is 537 g/mol. The monoisotopic (exact) mass is 536 g/mol. The summed E-state index contributed by atoms with van der Waals surface area (Å²) in [6.07, 6.45) is 5.00. The van der Waals surface area contributed by atoms with Gasteiger partial charge in [-0.1, -0.05) is 0 Å². The van der Waals surface area contributed by atoms with Crippen molar-refractivity contribution in [3.05, 3.63) is 106 Å². The van der Waals surface area contributed by atoms with Gasteiger partial charge in [0.2, 0.25) is 0 Å². The number of benzene rings is 4. The SMILES string of the molecule is CC1=Cc2c(ccc3ccccc23)[CH]1[Ti+2]([CH3])([CH3])(=[SiH2])[CH]1C(C)=Cc2c1ccc1ccccc21.[Cl-].[Cl-]. The van der Waals surface area contributed by atoms with Gasteiger partial charge in [0, 0.05) is 0 Å². The fourth-order valence-corrected chi connectivity index (χ4v) is 21.1. The van der Waals surface area contributed by atoms with Crippen molar-refractivity contribution in [1.82, 2.24) is 0 Å². The van der Waals surface area contributed by atoms with Gasteiger partial charge in [-0.2, -0.15) is 0 Å². The molecule has 172 valence electrons. The number of hydrogen-bond donors (Lipinski definition) is 0. The van der Waals surface area contributed by atoms with Crippen molar-refractivity contribution in [3.8, 4) is 0 Å². The molecule has 0 radical (unpaired) electrons. The molecule has 0 spiro atoms. The van der Waals surface area contributed by atoms with E-state index in [0.717, 1.165) is 0 Å². The molecular formula is C30H30Cl2SiTi. The predicted molar refractivity (Wildman–Crippen MR) is 141 cm³/mol. The van der Waals surface area contributed by atoms with Gasteiger partial charge in [0.15, 0.2) is 0 Å². The Labute approximate surface area is 217 Å². The second-order valence-corrected chi connectivity index (χ2v) is 31.3. The van der Waals surface area contributed by atoms with Gasteiger partial charge >= 0.3 is 194 Å². The van der Waals surface area contributed by atoms with Crippen LogP contribution in [0, 0.1) is 0 Å². The normalized spacial score (nSPS) is 18.4. The van der Waals surface area contributed by atoms with Gasteiger partial charge < -0.3 is 24.8 Å². The Morgan fingerprint density at radius 3 is 1.38 bits per heavy atom. The van der Waals surface area contributed by atoms with E-state index in [1.807, 2.05) is 0 Å². The minimum atomic E-state index is -3.13. The van der Waals surface area contributed by atoms with Crippen LogP contribution in [0.3, 0.4) is 0 Å². The molecule has 0 fully saturated rings. The molecule has 34 heavy (non-hydrogen) atoms. The van der Waals surface area contributed by atoms with E-state index in [4.69, 9.17) is 0 Å². The molecule has 0 amide bonds. The quantitative estimate of drug-likeness (QED) is 0.343. The molecule has 0 heterocycles. The summed E-state index contributed by atoms with van der Waals surface area (Å²) < 4.78 is 1.13. The third-order valence-electron chi connectivity index (χ3n) is 8.18. The first-order chi connectivity index (χ1) is 15.2. The van der Waals surface area contributed by atoms with Crippen molar-refractivity contribution in [2.24, 2.45) is 0 Å². The zero-order valence-electron chi connectivity index (χ0n) is 20.2. The van der Waals surface area contributed by atoms with Gasteiger partial charge in [-0.25, -0.2) is 0 Å². The molecule has 0 nitrogen and oxygen atoms in total. The first-order valence-electron chi connectivity index (χ1n) is 11.7. The van der Waals surface area contributed by atoms with Crippen LogP contribution >= 0.6 is 0 Å². The van der Waals surface area contributed by atoms with Crippen molar-refractivity contribution in [1.29, 1.82) is 0 Å². The van der Waals surface area contributed by atoms with Crippen LogP contribution < -0.4 is 24.8 Å². The van der Waals surface area contributed by atoms with E-state index in [9.17, 15) is 0 Å². The second-order valence-electron chi connectivity index (χ2n) is 11.2. The van der Waals surface area contributed by atoms with Crippen LogP contribution in [0.15, 0.2) is 83.9 Å². The van der Waals surface area contributed by atoms with Crippen LogP contribution in [0.5, 0.6) is 0 Å². The first-order valence-corrected chi connectivity index (χ1v) is 20.7. The molecule has 0 aromatic heterocycles. The number of rotatable bonds is 2. The summed E-state index contributed by atoms with van der Waals surface area (Å²) in [7, 11) is 2.41. The van der Waals surface area contributed by atoms with Crippen molar-refractivity contribution < 1.29 is 38.9 Å².